The fourth-order valence-electron chi connectivity index (χ4n) is 1.17. The zero-order valence-corrected chi connectivity index (χ0v) is 8.18. The summed E-state index contributed by atoms with van der Waals surface area (Å²) in [6.07, 6.45) is 8.49. The van der Waals surface area contributed by atoms with Crippen molar-refractivity contribution < 1.29 is 0 Å². The standard InChI is InChI=1S/C11H21N/c1-4-7-9-11(8-5-2)12-10-6-3/h4-5,11-12H,1-2,6-10H2,3H3. The third kappa shape index (κ3) is 6.17. The fraction of sp³-hybridized carbons (Fsp3) is 0.636. The molecule has 0 rings (SSSR count). The van der Waals surface area contributed by atoms with Crippen LogP contribution in [0, 0.1) is 0 Å². The highest BCUT2D eigenvalue weighted by Crippen LogP contribution is 2.02. The van der Waals surface area contributed by atoms with Crippen LogP contribution in [0.25, 0.3) is 0 Å². The monoisotopic (exact) mass is 167 g/mol. The Balaban J connectivity index is 3.52. The third-order valence-electron chi connectivity index (χ3n) is 1.85. The zero-order chi connectivity index (χ0) is 9.23. The molecule has 0 aromatic carbocycles. The lowest BCUT2D eigenvalue weighted by molar-refractivity contribution is 0.488. The Morgan fingerprint density at radius 3 is 2.58 bits per heavy atom. The van der Waals surface area contributed by atoms with E-state index in [0.29, 0.717) is 6.04 Å². The molecule has 1 atom stereocenters. The minimum absolute atomic E-state index is 0.598. The van der Waals surface area contributed by atoms with Gasteiger partial charge >= 0.3 is 0 Å². The van der Waals surface area contributed by atoms with Crippen molar-refractivity contribution in [3.05, 3.63) is 25.3 Å². The quantitative estimate of drug-likeness (QED) is 0.548. The largest absolute Gasteiger partial charge is 0.314 e. The second-order valence-electron chi connectivity index (χ2n) is 3.04. The predicted octanol–water partition coefficient (Wildman–Crippen LogP) is 2.90. The van der Waals surface area contributed by atoms with Crippen LogP contribution in [0.3, 0.4) is 0 Å². The van der Waals surface area contributed by atoms with E-state index in [1.165, 1.54) is 12.8 Å². The highest BCUT2D eigenvalue weighted by molar-refractivity contribution is 4.80. The summed E-state index contributed by atoms with van der Waals surface area (Å²) in [5.74, 6) is 0. The average Bonchev–Trinajstić information content (AvgIpc) is 2.10. The van der Waals surface area contributed by atoms with E-state index in [-0.39, 0.29) is 0 Å². The molecule has 70 valence electrons. The first-order valence-corrected chi connectivity index (χ1v) is 4.80. The number of nitrogens with one attached hydrogen (secondary N) is 1. The Labute approximate surface area is 76.6 Å². The van der Waals surface area contributed by atoms with Gasteiger partial charge in [0.2, 0.25) is 0 Å². The molecule has 0 amide bonds. The summed E-state index contributed by atoms with van der Waals surface area (Å²) in [6, 6.07) is 0.598. The molecule has 0 aliphatic carbocycles. The van der Waals surface area contributed by atoms with E-state index < -0.39 is 0 Å². The van der Waals surface area contributed by atoms with Crippen LogP contribution in [0.15, 0.2) is 25.3 Å². The van der Waals surface area contributed by atoms with Crippen LogP contribution in [0.1, 0.15) is 32.6 Å². The van der Waals surface area contributed by atoms with Gasteiger partial charge in [-0.2, -0.15) is 0 Å². The third-order valence-corrected chi connectivity index (χ3v) is 1.85. The Hall–Kier alpha value is -0.560. The second-order valence-corrected chi connectivity index (χ2v) is 3.04. The maximum atomic E-state index is 3.75. The molecule has 1 N–H and O–H groups in total. The van der Waals surface area contributed by atoms with E-state index in [2.05, 4.69) is 25.4 Å². The Bertz CT molecular complexity index is 118. The van der Waals surface area contributed by atoms with E-state index in [0.717, 1.165) is 19.4 Å². The molecule has 0 saturated heterocycles. The maximum Gasteiger partial charge on any atom is 0.0104 e. The summed E-state index contributed by atoms with van der Waals surface area (Å²) < 4.78 is 0. The molecule has 1 unspecified atom stereocenters. The molecule has 0 aromatic heterocycles. The molecule has 0 aliphatic rings. The molecule has 0 fully saturated rings. The minimum atomic E-state index is 0.598. The summed E-state index contributed by atoms with van der Waals surface area (Å²) in [5, 5.41) is 3.49. The van der Waals surface area contributed by atoms with Crippen molar-refractivity contribution >= 4 is 0 Å². The Kier molecular flexibility index (Phi) is 8.14. The highest BCUT2D eigenvalue weighted by atomic mass is 14.9. The van der Waals surface area contributed by atoms with Gasteiger partial charge in [-0.3, -0.25) is 0 Å². The summed E-state index contributed by atoms with van der Waals surface area (Å²) in [5.41, 5.74) is 0. The van der Waals surface area contributed by atoms with Gasteiger partial charge in [0, 0.05) is 6.04 Å². The van der Waals surface area contributed by atoms with Crippen molar-refractivity contribution in [2.24, 2.45) is 0 Å². The van der Waals surface area contributed by atoms with E-state index in [1.807, 2.05) is 12.2 Å². The topological polar surface area (TPSA) is 12.0 Å². The summed E-state index contributed by atoms with van der Waals surface area (Å²) >= 11 is 0. The first kappa shape index (κ1) is 11.4. The van der Waals surface area contributed by atoms with Gasteiger partial charge in [0.1, 0.15) is 0 Å². The van der Waals surface area contributed by atoms with Crippen LogP contribution in [-0.4, -0.2) is 12.6 Å². The molecular weight excluding hydrogens is 146 g/mol. The molecule has 1 nitrogen and oxygen atoms in total. The van der Waals surface area contributed by atoms with Gasteiger partial charge < -0.3 is 5.32 Å². The SMILES string of the molecule is C=CCCC(CC=C)NCCC. The normalized spacial score (nSPS) is 12.4. The Morgan fingerprint density at radius 2 is 2.08 bits per heavy atom. The molecule has 0 saturated carbocycles. The van der Waals surface area contributed by atoms with Crippen molar-refractivity contribution in [3.63, 3.8) is 0 Å². The molecule has 0 bridgehead atoms. The smallest absolute Gasteiger partial charge is 0.0104 e. The molecular formula is C11H21N. The van der Waals surface area contributed by atoms with Crippen LogP contribution < -0.4 is 5.32 Å². The van der Waals surface area contributed by atoms with Gasteiger partial charge in [0.15, 0.2) is 0 Å². The molecule has 0 heterocycles. The van der Waals surface area contributed by atoms with Crippen LogP contribution in [-0.2, 0) is 0 Å². The van der Waals surface area contributed by atoms with E-state index in [4.69, 9.17) is 0 Å². The summed E-state index contributed by atoms with van der Waals surface area (Å²) in [4.78, 5) is 0. The van der Waals surface area contributed by atoms with Crippen molar-refractivity contribution in [2.75, 3.05) is 6.54 Å². The summed E-state index contributed by atoms with van der Waals surface area (Å²) in [7, 11) is 0. The second kappa shape index (κ2) is 8.54. The van der Waals surface area contributed by atoms with Gasteiger partial charge in [-0.25, -0.2) is 0 Å². The van der Waals surface area contributed by atoms with Gasteiger partial charge in [-0.15, -0.1) is 13.2 Å². The van der Waals surface area contributed by atoms with Crippen LogP contribution in [0.4, 0.5) is 0 Å². The molecule has 0 radical (unpaired) electrons. The van der Waals surface area contributed by atoms with Crippen molar-refractivity contribution in [1.82, 2.24) is 5.32 Å². The maximum absolute atomic E-state index is 3.75. The van der Waals surface area contributed by atoms with Crippen molar-refractivity contribution in [2.45, 2.75) is 38.6 Å². The van der Waals surface area contributed by atoms with Gasteiger partial charge in [-0.05, 0) is 32.2 Å². The molecule has 12 heavy (non-hydrogen) atoms. The summed E-state index contributed by atoms with van der Waals surface area (Å²) in [6.45, 7) is 10.8. The van der Waals surface area contributed by atoms with E-state index in [1.54, 1.807) is 0 Å². The number of allylic oxidation sites excluding steroid dienone is 1. The van der Waals surface area contributed by atoms with Gasteiger partial charge in [0.05, 0.1) is 0 Å². The molecule has 0 aromatic rings. The van der Waals surface area contributed by atoms with Crippen LogP contribution in [0.5, 0.6) is 0 Å². The molecule has 0 spiro atoms. The van der Waals surface area contributed by atoms with Crippen LogP contribution >= 0.6 is 0 Å². The Morgan fingerprint density at radius 1 is 1.33 bits per heavy atom. The zero-order valence-electron chi connectivity index (χ0n) is 8.18. The number of hydrogen-bond donors (Lipinski definition) is 1. The van der Waals surface area contributed by atoms with Gasteiger partial charge in [0.25, 0.3) is 0 Å². The number of rotatable bonds is 8. The minimum Gasteiger partial charge on any atom is -0.314 e. The molecule has 1 heteroatoms. The van der Waals surface area contributed by atoms with E-state index >= 15 is 0 Å². The van der Waals surface area contributed by atoms with E-state index in [9.17, 15) is 0 Å². The lowest BCUT2D eigenvalue weighted by Gasteiger charge is -2.15. The molecule has 0 aliphatic heterocycles. The van der Waals surface area contributed by atoms with Crippen molar-refractivity contribution in [1.29, 1.82) is 0 Å². The highest BCUT2D eigenvalue weighted by Gasteiger charge is 2.02. The first-order valence-electron chi connectivity index (χ1n) is 4.80. The van der Waals surface area contributed by atoms with Gasteiger partial charge in [-0.1, -0.05) is 19.1 Å². The number of hydrogen-bond acceptors (Lipinski definition) is 1. The first-order chi connectivity index (χ1) is 5.85. The fourth-order valence-corrected chi connectivity index (χ4v) is 1.17. The lowest BCUT2D eigenvalue weighted by Crippen LogP contribution is -2.28. The van der Waals surface area contributed by atoms with Crippen LogP contribution in [0.2, 0.25) is 0 Å². The van der Waals surface area contributed by atoms with Crippen molar-refractivity contribution in [3.8, 4) is 0 Å². The predicted molar refractivity (Wildman–Crippen MR) is 56.3 cm³/mol. The average molecular weight is 167 g/mol. The lowest BCUT2D eigenvalue weighted by atomic mass is 10.1.